The summed E-state index contributed by atoms with van der Waals surface area (Å²) in [4.78, 5) is 40.2. The van der Waals surface area contributed by atoms with Gasteiger partial charge in [0.15, 0.2) is 11.6 Å². The molecule has 504 valence electrons. The van der Waals surface area contributed by atoms with Crippen molar-refractivity contribution in [2.75, 3.05) is 40.1 Å². The predicted octanol–water partition coefficient (Wildman–Crippen LogP) is 14.2. The Morgan fingerprint density at radius 3 is 1.52 bits per heavy atom. The van der Waals surface area contributed by atoms with Crippen LogP contribution in [0.2, 0.25) is 0 Å². The van der Waals surface area contributed by atoms with E-state index in [0.29, 0.717) is 38.1 Å². The summed E-state index contributed by atoms with van der Waals surface area (Å²) in [6, 6.07) is 19.7. The molecule has 4 aromatic carbocycles. The van der Waals surface area contributed by atoms with E-state index in [1.807, 2.05) is 12.1 Å². The van der Waals surface area contributed by atoms with Gasteiger partial charge in [0.05, 0.1) is 47.5 Å². The number of nitrogens with one attached hydrogen (secondary N) is 4. The van der Waals surface area contributed by atoms with E-state index < -0.39 is 71.9 Å². The predicted molar refractivity (Wildman–Crippen MR) is 331 cm³/mol. The van der Waals surface area contributed by atoms with Gasteiger partial charge < -0.3 is 30.4 Å². The molecule has 2 saturated carbocycles. The number of nitriles is 2. The molecule has 6 heterocycles. The van der Waals surface area contributed by atoms with Crippen LogP contribution in [0, 0.1) is 34.5 Å². The molecule has 2 fully saturated rings. The van der Waals surface area contributed by atoms with Crippen LogP contribution in [-0.4, -0.2) is 77.0 Å². The molecular formula is C67H60F12N16O2. The summed E-state index contributed by atoms with van der Waals surface area (Å²) in [5.41, 5.74) is -4.64. The number of unbranched alkanes of at least 4 members (excludes halogenated alkanes) is 2. The van der Waals surface area contributed by atoms with Gasteiger partial charge in [0.1, 0.15) is 35.9 Å². The van der Waals surface area contributed by atoms with Crippen molar-refractivity contribution in [3.8, 4) is 57.2 Å². The second-order valence-electron chi connectivity index (χ2n) is 24.5. The van der Waals surface area contributed by atoms with Crippen molar-refractivity contribution >= 4 is 35.1 Å². The van der Waals surface area contributed by atoms with Crippen molar-refractivity contribution in [3.63, 3.8) is 0 Å². The van der Waals surface area contributed by atoms with Gasteiger partial charge in [-0.25, -0.2) is 9.97 Å². The van der Waals surface area contributed by atoms with E-state index in [2.05, 4.69) is 51.6 Å². The summed E-state index contributed by atoms with van der Waals surface area (Å²) in [5, 5.41) is 47.5. The highest BCUT2D eigenvalue weighted by molar-refractivity contribution is 6.11. The van der Waals surface area contributed by atoms with E-state index in [1.165, 1.54) is 65.8 Å². The fourth-order valence-electron chi connectivity index (χ4n) is 12.7. The fraction of sp³-hybridized carbons (Fsp3) is 0.373. The molecular weight excluding hydrogens is 1290 g/mol. The zero-order valence-corrected chi connectivity index (χ0v) is 51.7. The number of amides is 2. The van der Waals surface area contributed by atoms with E-state index in [0.717, 1.165) is 65.5 Å². The van der Waals surface area contributed by atoms with Crippen LogP contribution in [0.1, 0.15) is 123 Å². The number of alkyl halides is 12. The number of hydrogen-bond donors (Lipinski definition) is 4. The Hall–Kier alpha value is -9.94. The Bertz CT molecular complexity index is 4410. The number of carbonyl (C=O) groups excluding carboxylic acids is 2. The molecule has 30 heteroatoms. The van der Waals surface area contributed by atoms with Crippen molar-refractivity contribution in [1.82, 2.24) is 50.1 Å². The Morgan fingerprint density at radius 2 is 1.06 bits per heavy atom. The standard InChI is InChI=1S/C67H60F12N16O2/c1-92-35-86-90-60(92)45-12-10-43(64(68,69)70)27-47(45)41-23-56(83-17-4-2-15-80)88-58(25-41)95-34-52-50(63(95)97)20-39(22-54(52)67(77,78)79)31-85-55-14-9-40(55)32-93-36-87-91-61(93)46-13-11-44(65(71,72)73)28-48(46)42-24-57(84-18-5-3-16-81)89-59(26-42)94-33-51-49(62(94)96)19-38(21-53(51)66(74,75)76)30-82-29-37-7-6-8-37/h10-13,19-28,35-37,40,55,82,85H,2-9,14,17-18,29-34H2,1H3,(H,83,88)(H,84,89). The second-order valence-corrected chi connectivity index (χ2v) is 24.5. The van der Waals surface area contributed by atoms with E-state index in [4.69, 9.17) is 0 Å². The molecule has 0 bridgehead atoms. The van der Waals surface area contributed by atoms with E-state index in [-0.39, 0.29) is 159 Å². The third-order valence-corrected chi connectivity index (χ3v) is 18.1. The van der Waals surface area contributed by atoms with E-state index in [1.54, 1.807) is 11.6 Å². The Morgan fingerprint density at radius 1 is 0.557 bits per heavy atom. The molecule has 8 aromatic rings. The monoisotopic (exact) mass is 1350 g/mol. The summed E-state index contributed by atoms with van der Waals surface area (Å²) in [5.74, 6) is -1.57. The lowest BCUT2D eigenvalue weighted by Crippen LogP contribution is -2.45. The number of benzene rings is 4. The molecule has 0 saturated heterocycles. The average molecular weight is 1350 g/mol. The normalized spacial score (nSPS) is 16.4. The zero-order valence-electron chi connectivity index (χ0n) is 51.7. The third-order valence-electron chi connectivity index (χ3n) is 18.1. The molecule has 2 aliphatic carbocycles. The molecule has 12 rings (SSSR count). The SMILES string of the molecule is Cn1cnnc1-c1ccc(C(F)(F)F)cc1-c1cc(NCCCC#N)nc(N2Cc3c(cc(CNC4CCC4Cn4cnnc4-c4ccc(C(F)(F)F)cc4-c4cc(NCCCC#N)nc(N5Cc6c(cc(CNCC7CCC7)cc6C(F)(F)F)C5=O)c4)cc3C(F)(F)F)C2=O)c1. The number of rotatable bonds is 23. The van der Waals surface area contributed by atoms with Crippen LogP contribution < -0.4 is 31.1 Å². The first kappa shape index (κ1) is 67.1. The molecule has 2 amide bonds. The summed E-state index contributed by atoms with van der Waals surface area (Å²) >= 11 is 0. The highest BCUT2D eigenvalue weighted by atomic mass is 19.4. The zero-order chi connectivity index (χ0) is 68.7. The van der Waals surface area contributed by atoms with Crippen LogP contribution in [0.25, 0.3) is 45.0 Å². The van der Waals surface area contributed by atoms with Crippen molar-refractivity contribution in [3.05, 3.63) is 153 Å². The van der Waals surface area contributed by atoms with Gasteiger partial charge in [-0.05, 0) is 186 Å². The van der Waals surface area contributed by atoms with Gasteiger partial charge in [-0.2, -0.15) is 63.2 Å². The van der Waals surface area contributed by atoms with Gasteiger partial charge in [-0.15, -0.1) is 20.4 Å². The molecule has 0 radical (unpaired) electrons. The maximum Gasteiger partial charge on any atom is 0.416 e. The molecule has 18 nitrogen and oxygen atoms in total. The molecule has 97 heavy (non-hydrogen) atoms. The topological polar surface area (TPSA) is 224 Å². The smallest absolute Gasteiger partial charge is 0.370 e. The van der Waals surface area contributed by atoms with E-state index in [9.17, 15) is 59.6 Å². The molecule has 4 aliphatic rings. The van der Waals surface area contributed by atoms with Gasteiger partial charge in [-0.3, -0.25) is 19.4 Å². The van der Waals surface area contributed by atoms with Crippen LogP contribution in [0.15, 0.2) is 97.6 Å². The number of halogens is 12. The van der Waals surface area contributed by atoms with Gasteiger partial charge in [0.2, 0.25) is 0 Å². The van der Waals surface area contributed by atoms with Gasteiger partial charge in [0, 0.05) is 80.9 Å². The van der Waals surface area contributed by atoms with Crippen LogP contribution in [0.5, 0.6) is 0 Å². The number of aryl methyl sites for hydroxylation is 1. The minimum atomic E-state index is -4.98. The van der Waals surface area contributed by atoms with Crippen LogP contribution in [-0.2, 0) is 64.5 Å². The number of anilines is 4. The average Bonchev–Trinajstić information content (AvgIpc) is 1.72. The third kappa shape index (κ3) is 14.3. The molecule has 2 aliphatic heterocycles. The van der Waals surface area contributed by atoms with Crippen molar-refractivity contribution in [2.24, 2.45) is 18.9 Å². The van der Waals surface area contributed by atoms with E-state index >= 15 is 13.2 Å². The minimum absolute atomic E-state index is 0.00787. The lowest BCUT2D eigenvalue weighted by Gasteiger charge is -2.38. The fourth-order valence-corrected chi connectivity index (χ4v) is 12.7. The van der Waals surface area contributed by atoms with Crippen molar-refractivity contribution < 1.29 is 62.3 Å². The number of carbonyl (C=O) groups is 2. The van der Waals surface area contributed by atoms with Crippen molar-refractivity contribution in [1.29, 1.82) is 10.5 Å². The lowest BCUT2D eigenvalue weighted by molar-refractivity contribution is -0.139. The quantitative estimate of drug-likeness (QED) is 0.0345. The summed E-state index contributed by atoms with van der Waals surface area (Å²) in [6.45, 7) is -0.255. The highest BCUT2D eigenvalue weighted by Gasteiger charge is 2.44. The van der Waals surface area contributed by atoms with Crippen LogP contribution >= 0.6 is 0 Å². The van der Waals surface area contributed by atoms with Gasteiger partial charge in [-0.1, -0.05) is 6.42 Å². The highest BCUT2D eigenvalue weighted by Crippen LogP contribution is 2.46. The van der Waals surface area contributed by atoms with Crippen LogP contribution in [0.3, 0.4) is 0 Å². The first-order valence-electron chi connectivity index (χ1n) is 31.2. The molecule has 2 unspecified atom stereocenters. The number of fused-ring (bicyclic) bond motifs is 2. The van der Waals surface area contributed by atoms with Gasteiger partial charge >= 0.3 is 24.7 Å². The first-order valence-corrected chi connectivity index (χ1v) is 31.2. The summed E-state index contributed by atoms with van der Waals surface area (Å²) in [7, 11) is 1.58. The molecule has 4 aromatic heterocycles. The Balaban J connectivity index is 0.817. The maximum atomic E-state index is 15.3. The summed E-state index contributed by atoms with van der Waals surface area (Å²) < 4.78 is 181. The Kier molecular flexibility index (Phi) is 18.6. The largest absolute Gasteiger partial charge is 0.416 e. The number of hydrogen-bond acceptors (Lipinski definition) is 14. The number of aromatic nitrogens is 8. The number of nitrogens with zero attached hydrogens (tertiary/aromatic N) is 12. The maximum absolute atomic E-state index is 15.3. The minimum Gasteiger partial charge on any atom is -0.370 e. The van der Waals surface area contributed by atoms with Crippen molar-refractivity contribution in [2.45, 2.75) is 121 Å². The second kappa shape index (κ2) is 26.9. The Labute approximate surface area is 546 Å². The summed E-state index contributed by atoms with van der Waals surface area (Å²) in [6.07, 6.45) is -11.8. The number of pyridine rings is 2. The van der Waals surface area contributed by atoms with Crippen LogP contribution in [0.4, 0.5) is 76.0 Å². The first-order chi connectivity index (χ1) is 46.2. The van der Waals surface area contributed by atoms with Gasteiger partial charge in [0.25, 0.3) is 11.8 Å². The molecule has 4 N–H and O–H groups in total. The lowest BCUT2D eigenvalue weighted by atomic mass is 9.79. The molecule has 0 spiro atoms. The molecule has 2 atom stereocenters.